The van der Waals surface area contributed by atoms with Gasteiger partial charge in [-0.15, -0.1) is 0 Å². The number of anilines is 3. The number of allylic oxidation sites excluding steroid dienone is 5. The summed E-state index contributed by atoms with van der Waals surface area (Å²) in [6, 6.07) is 53.2. The van der Waals surface area contributed by atoms with Crippen LogP contribution in [0.25, 0.3) is 55.3 Å². The molecular weight excluding hydrogens is 709 g/mol. The minimum Gasteiger partial charge on any atom is -0.310 e. The zero-order valence-corrected chi connectivity index (χ0v) is 32.8. The molecule has 8 aromatic rings. The Labute approximate surface area is 339 Å². The van der Waals surface area contributed by atoms with Gasteiger partial charge in [-0.05, 0) is 136 Å². The highest BCUT2D eigenvalue weighted by Crippen LogP contribution is 2.51. The Balaban J connectivity index is 1.13. The van der Waals surface area contributed by atoms with Crippen LogP contribution in [0.15, 0.2) is 183 Å². The third-order valence-corrected chi connectivity index (χ3v) is 11.6. The van der Waals surface area contributed by atoms with Gasteiger partial charge in [-0.3, -0.25) is 9.59 Å². The molecule has 0 aliphatic heterocycles. The first-order valence-electron chi connectivity index (χ1n) is 19.6. The highest BCUT2D eigenvalue weighted by molar-refractivity contribution is 6.10. The molecule has 1 aromatic heterocycles. The van der Waals surface area contributed by atoms with Crippen LogP contribution in [0.2, 0.25) is 0 Å². The summed E-state index contributed by atoms with van der Waals surface area (Å²) in [5, 5.41) is 2.35. The summed E-state index contributed by atoms with van der Waals surface area (Å²) in [6.07, 6.45) is 9.81. The number of hydrogen-bond donors (Lipinski definition) is 0. The molecule has 0 saturated carbocycles. The van der Waals surface area contributed by atoms with Gasteiger partial charge < -0.3 is 9.47 Å². The smallest absolute Gasteiger partial charge is 0.150 e. The van der Waals surface area contributed by atoms with Crippen molar-refractivity contribution in [3.63, 3.8) is 0 Å². The number of carbonyl (C=O) groups is 2. The van der Waals surface area contributed by atoms with Crippen molar-refractivity contribution in [2.75, 3.05) is 4.90 Å². The Bertz CT molecular complexity index is 2960. The quantitative estimate of drug-likeness (QED) is 0.103. The van der Waals surface area contributed by atoms with Crippen LogP contribution in [0.4, 0.5) is 17.1 Å². The molecular formula is C54H42N2O2. The van der Waals surface area contributed by atoms with E-state index >= 15 is 0 Å². The van der Waals surface area contributed by atoms with E-state index in [1.807, 2.05) is 61.5 Å². The lowest BCUT2D eigenvalue weighted by Crippen LogP contribution is -2.17. The van der Waals surface area contributed by atoms with Crippen LogP contribution in [0, 0.1) is 0 Å². The average Bonchev–Trinajstić information content (AvgIpc) is 3.71. The average molecular weight is 751 g/mol. The van der Waals surface area contributed by atoms with Gasteiger partial charge in [-0.2, -0.15) is 0 Å². The summed E-state index contributed by atoms with van der Waals surface area (Å²) in [4.78, 5) is 25.5. The van der Waals surface area contributed by atoms with Gasteiger partial charge in [0, 0.05) is 50.1 Å². The van der Waals surface area contributed by atoms with Crippen molar-refractivity contribution < 1.29 is 9.59 Å². The molecule has 0 spiro atoms. The molecule has 0 fully saturated rings. The maximum Gasteiger partial charge on any atom is 0.150 e. The van der Waals surface area contributed by atoms with Crippen LogP contribution >= 0.6 is 0 Å². The topological polar surface area (TPSA) is 42.3 Å². The fourth-order valence-corrected chi connectivity index (χ4v) is 8.70. The van der Waals surface area contributed by atoms with Crippen LogP contribution in [0.1, 0.15) is 58.2 Å². The molecule has 0 atom stereocenters. The normalized spacial score (nSPS) is 13.1. The molecule has 4 heteroatoms. The van der Waals surface area contributed by atoms with Gasteiger partial charge in [0.15, 0.2) is 0 Å². The van der Waals surface area contributed by atoms with Crippen molar-refractivity contribution in [1.82, 2.24) is 4.57 Å². The Morgan fingerprint density at radius 2 is 1.21 bits per heavy atom. The number of aldehydes is 2. The Hall–Kier alpha value is -7.30. The predicted molar refractivity (Wildman–Crippen MR) is 242 cm³/mol. The molecule has 9 rings (SSSR count). The number of para-hydroxylation sites is 1. The van der Waals surface area contributed by atoms with Crippen molar-refractivity contribution in [3.05, 3.63) is 210 Å². The Kier molecular flexibility index (Phi) is 9.18. The van der Waals surface area contributed by atoms with Crippen molar-refractivity contribution in [1.29, 1.82) is 0 Å². The maximum atomic E-state index is 11.8. The van der Waals surface area contributed by atoms with Gasteiger partial charge >= 0.3 is 0 Å². The van der Waals surface area contributed by atoms with E-state index in [9.17, 15) is 9.59 Å². The summed E-state index contributed by atoms with van der Waals surface area (Å²) < 4.78 is 2.27. The largest absolute Gasteiger partial charge is 0.310 e. The summed E-state index contributed by atoms with van der Waals surface area (Å²) in [5.74, 6) is 0. The van der Waals surface area contributed by atoms with Crippen molar-refractivity contribution in [2.24, 2.45) is 0 Å². The maximum absolute atomic E-state index is 11.8. The molecule has 0 radical (unpaired) electrons. The monoisotopic (exact) mass is 750 g/mol. The second-order valence-electron chi connectivity index (χ2n) is 15.4. The highest BCUT2D eigenvalue weighted by Gasteiger charge is 2.36. The SMILES string of the molecule is C=C/C=C(\C=C/C)c1ccc(N(c2ccc(-c3ccc4c(c3)c3ccccc3n4-c3ccc(C=O)cc3)cc2)c2ccc3c(c2)C(C)(C)c2cc(C=O)ccc2-3)cc1. The van der Waals surface area contributed by atoms with Crippen molar-refractivity contribution in [2.45, 2.75) is 26.2 Å². The summed E-state index contributed by atoms with van der Waals surface area (Å²) >= 11 is 0. The Morgan fingerprint density at radius 3 is 1.90 bits per heavy atom. The summed E-state index contributed by atoms with van der Waals surface area (Å²) in [7, 11) is 0. The summed E-state index contributed by atoms with van der Waals surface area (Å²) in [6.45, 7) is 10.4. The fourth-order valence-electron chi connectivity index (χ4n) is 8.70. The lowest BCUT2D eigenvalue weighted by Gasteiger charge is -2.28. The van der Waals surface area contributed by atoms with E-state index < -0.39 is 0 Å². The van der Waals surface area contributed by atoms with Gasteiger partial charge in [-0.25, -0.2) is 0 Å². The van der Waals surface area contributed by atoms with Gasteiger partial charge in [0.1, 0.15) is 12.6 Å². The van der Waals surface area contributed by atoms with Crippen LogP contribution < -0.4 is 4.90 Å². The number of aromatic nitrogens is 1. The second kappa shape index (κ2) is 14.6. The van der Waals surface area contributed by atoms with E-state index in [1.165, 1.54) is 33.0 Å². The third kappa shape index (κ3) is 6.11. The van der Waals surface area contributed by atoms with Crippen LogP contribution in [0.3, 0.4) is 0 Å². The first-order valence-corrected chi connectivity index (χ1v) is 19.6. The molecule has 0 bridgehead atoms. The molecule has 58 heavy (non-hydrogen) atoms. The van der Waals surface area contributed by atoms with Crippen LogP contribution in [0.5, 0.6) is 0 Å². The number of benzene rings is 7. The van der Waals surface area contributed by atoms with E-state index in [2.05, 4.69) is 151 Å². The number of rotatable bonds is 10. The fraction of sp³-hybridized carbons (Fsp3) is 0.0741. The molecule has 1 aliphatic rings. The van der Waals surface area contributed by atoms with Crippen molar-refractivity contribution in [3.8, 4) is 27.9 Å². The van der Waals surface area contributed by atoms with E-state index in [4.69, 9.17) is 0 Å². The van der Waals surface area contributed by atoms with Crippen LogP contribution in [-0.2, 0) is 5.41 Å². The highest BCUT2D eigenvalue weighted by atomic mass is 16.1. The van der Waals surface area contributed by atoms with E-state index in [-0.39, 0.29) is 5.41 Å². The number of nitrogens with zero attached hydrogens (tertiary/aromatic N) is 2. The molecule has 0 amide bonds. The minimum absolute atomic E-state index is 0.281. The molecule has 1 aliphatic carbocycles. The van der Waals surface area contributed by atoms with Crippen molar-refractivity contribution >= 4 is 57.0 Å². The van der Waals surface area contributed by atoms with Gasteiger partial charge in [0.25, 0.3) is 0 Å². The van der Waals surface area contributed by atoms with Gasteiger partial charge in [0.05, 0.1) is 11.0 Å². The first-order chi connectivity index (χ1) is 28.3. The van der Waals surface area contributed by atoms with Gasteiger partial charge in [0.2, 0.25) is 0 Å². The van der Waals surface area contributed by atoms with E-state index in [1.54, 1.807) is 0 Å². The lowest BCUT2D eigenvalue weighted by molar-refractivity contribution is 0.111. The molecule has 0 saturated heterocycles. The molecule has 280 valence electrons. The first kappa shape index (κ1) is 36.3. The van der Waals surface area contributed by atoms with Gasteiger partial charge in [-0.1, -0.05) is 111 Å². The van der Waals surface area contributed by atoms with Crippen LogP contribution in [-0.4, -0.2) is 17.1 Å². The summed E-state index contributed by atoms with van der Waals surface area (Å²) in [5.41, 5.74) is 16.7. The minimum atomic E-state index is -0.281. The predicted octanol–water partition coefficient (Wildman–Crippen LogP) is 14.0. The zero-order valence-electron chi connectivity index (χ0n) is 32.8. The zero-order chi connectivity index (χ0) is 40.0. The standard InChI is InChI=1S/C54H42N2O2/c1-5-9-38(10-6-2)39-16-23-42(24-17-39)55(45-27-29-47-46-28-15-37(35-58)31-50(46)54(3,4)51(47)33-45)43-25-18-40(19-26-43)41-20-30-53-49(32-41)48-11-7-8-12-52(48)56(53)44-21-13-36(34-57)14-22-44/h5-35H,1H2,2-4H3/b10-6-,38-9+. The van der Waals surface area contributed by atoms with E-state index in [0.717, 1.165) is 68.6 Å². The second-order valence-corrected chi connectivity index (χ2v) is 15.4. The third-order valence-electron chi connectivity index (χ3n) is 11.6. The Morgan fingerprint density at radius 1 is 0.603 bits per heavy atom. The van der Waals surface area contributed by atoms with E-state index in [0.29, 0.717) is 11.1 Å². The number of fused-ring (bicyclic) bond motifs is 6. The number of hydrogen-bond acceptors (Lipinski definition) is 3. The number of carbonyl (C=O) groups excluding carboxylic acids is 2. The molecule has 0 N–H and O–H groups in total. The molecule has 4 nitrogen and oxygen atoms in total. The lowest BCUT2D eigenvalue weighted by atomic mass is 9.82. The molecule has 0 unspecified atom stereocenters. The molecule has 7 aromatic carbocycles. The molecule has 1 heterocycles.